The standard InChI is InChI=1S/C26H28N4O3S/c1-16-12-25(2,3)15-26(13-16)23(32)30(24(33)29-26)14-21(31)27-18-10-8-17(9-11-18)22-28-19-6-4-5-7-20(19)34-22/h4-11,16H,12-15H2,1-3H3,(H,27,31)(H,29,33). The SMILES string of the molecule is CC1CC(C)(C)CC2(C1)NC(=O)N(CC(=O)Nc1ccc(-c3nc4ccccc4s3)cc1)C2=O. The van der Waals surface area contributed by atoms with E-state index in [0.717, 1.165) is 32.1 Å². The molecule has 2 atom stereocenters. The molecule has 0 radical (unpaired) electrons. The van der Waals surface area contributed by atoms with Crippen LogP contribution < -0.4 is 10.6 Å². The molecule has 2 fully saturated rings. The van der Waals surface area contributed by atoms with Gasteiger partial charge in [0.25, 0.3) is 5.91 Å². The number of imide groups is 1. The van der Waals surface area contributed by atoms with Crippen molar-refractivity contribution in [3.63, 3.8) is 0 Å². The smallest absolute Gasteiger partial charge is 0.325 e. The van der Waals surface area contributed by atoms with E-state index in [4.69, 9.17) is 0 Å². The maximum Gasteiger partial charge on any atom is 0.325 e. The number of carbonyl (C=O) groups is 3. The summed E-state index contributed by atoms with van der Waals surface area (Å²) in [5.41, 5.74) is 1.57. The number of fused-ring (bicyclic) bond motifs is 1. The van der Waals surface area contributed by atoms with E-state index in [0.29, 0.717) is 24.4 Å². The Morgan fingerprint density at radius 3 is 2.59 bits per heavy atom. The molecule has 4 amide bonds. The van der Waals surface area contributed by atoms with Crippen LogP contribution in [0.4, 0.5) is 10.5 Å². The molecular weight excluding hydrogens is 448 g/mol. The van der Waals surface area contributed by atoms with Gasteiger partial charge in [0.2, 0.25) is 5.91 Å². The minimum absolute atomic E-state index is 0.0517. The first-order valence-electron chi connectivity index (χ1n) is 11.5. The zero-order valence-electron chi connectivity index (χ0n) is 19.6. The Bertz CT molecular complexity index is 1250. The van der Waals surface area contributed by atoms with Crippen LogP contribution in [0.25, 0.3) is 20.8 Å². The Labute approximate surface area is 202 Å². The van der Waals surface area contributed by atoms with Gasteiger partial charge in [0.15, 0.2) is 0 Å². The van der Waals surface area contributed by atoms with E-state index in [9.17, 15) is 14.4 Å². The quantitative estimate of drug-likeness (QED) is 0.516. The average Bonchev–Trinajstić information content (AvgIpc) is 3.28. The number of carbonyl (C=O) groups excluding carboxylic acids is 3. The molecule has 1 aliphatic carbocycles. The second-order valence-electron chi connectivity index (χ2n) is 10.4. The maximum atomic E-state index is 13.2. The molecule has 8 heteroatoms. The first-order chi connectivity index (χ1) is 16.1. The lowest BCUT2D eigenvalue weighted by Gasteiger charge is -2.43. The van der Waals surface area contributed by atoms with Crippen LogP contribution in [0.2, 0.25) is 0 Å². The van der Waals surface area contributed by atoms with E-state index >= 15 is 0 Å². The number of thiazole rings is 1. The molecular formula is C26H28N4O3S. The third-order valence-corrected chi connectivity index (χ3v) is 7.72. The van der Waals surface area contributed by atoms with Crippen molar-refractivity contribution in [1.29, 1.82) is 0 Å². The summed E-state index contributed by atoms with van der Waals surface area (Å²) in [6.07, 6.45) is 2.19. The summed E-state index contributed by atoms with van der Waals surface area (Å²) in [7, 11) is 0. The molecule has 2 aliphatic rings. The van der Waals surface area contributed by atoms with Gasteiger partial charge >= 0.3 is 6.03 Å². The van der Waals surface area contributed by atoms with Crippen molar-refractivity contribution in [2.24, 2.45) is 11.3 Å². The molecule has 5 rings (SSSR count). The van der Waals surface area contributed by atoms with Gasteiger partial charge in [0.1, 0.15) is 17.1 Å². The number of urea groups is 1. The highest BCUT2D eigenvalue weighted by Gasteiger charge is 2.56. The lowest BCUT2D eigenvalue weighted by atomic mass is 9.64. The molecule has 34 heavy (non-hydrogen) atoms. The molecule has 1 saturated carbocycles. The van der Waals surface area contributed by atoms with Gasteiger partial charge in [0, 0.05) is 11.3 Å². The van der Waals surface area contributed by atoms with Crippen LogP contribution in [-0.4, -0.2) is 39.8 Å². The van der Waals surface area contributed by atoms with Gasteiger partial charge in [-0.1, -0.05) is 32.9 Å². The Hall–Kier alpha value is -3.26. The van der Waals surface area contributed by atoms with Gasteiger partial charge in [-0.2, -0.15) is 0 Å². The second-order valence-corrected chi connectivity index (χ2v) is 11.4. The van der Waals surface area contributed by atoms with Gasteiger partial charge < -0.3 is 10.6 Å². The Kier molecular flexibility index (Phi) is 5.43. The van der Waals surface area contributed by atoms with Crippen molar-refractivity contribution in [3.8, 4) is 10.6 Å². The van der Waals surface area contributed by atoms with E-state index < -0.39 is 17.5 Å². The number of benzene rings is 2. The lowest BCUT2D eigenvalue weighted by molar-refractivity contribution is -0.136. The topological polar surface area (TPSA) is 91.4 Å². The minimum atomic E-state index is -0.905. The highest BCUT2D eigenvalue weighted by molar-refractivity contribution is 7.21. The molecule has 3 aromatic rings. The number of para-hydroxylation sites is 1. The van der Waals surface area contributed by atoms with Crippen LogP contribution in [0.3, 0.4) is 0 Å². The highest BCUT2D eigenvalue weighted by Crippen LogP contribution is 2.46. The Morgan fingerprint density at radius 1 is 1.15 bits per heavy atom. The number of amides is 4. The van der Waals surface area contributed by atoms with Crippen molar-refractivity contribution >= 4 is 45.1 Å². The number of hydrogen-bond acceptors (Lipinski definition) is 5. The molecule has 1 saturated heterocycles. The monoisotopic (exact) mass is 476 g/mol. The van der Waals surface area contributed by atoms with Crippen molar-refractivity contribution in [2.45, 2.75) is 45.6 Å². The maximum absolute atomic E-state index is 13.2. The van der Waals surface area contributed by atoms with Gasteiger partial charge in [-0.3, -0.25) is 14.5 Å². The van der Waals surface area contributed by atoms with Crippen LogP contribution >= 0.6 is 11.3 Å². The molecule has 2 unspecified atom stereocenters. The molecule has 7 nitrogen and oxygen atoms in total. The summed E-state index contributed by atoms with van der Waals surface area (Å²) in [6, 6.07) is 14.9. The predicted octanol–water partition coefficient (Wildman–Crippen LogP) is 5.04. The number of hydrogen-bond donors (Lipinski definition) is 2. The normalized spacial score (nSPS) is 24.0. The van der Waals surface area contributed by atoms with Crippen molar-refractivity contribution in [3.05, 3.63) is 48.5 Å². The number of anilines is 1. The first-order valence-corrected chi connectivity index (χ1v) is 12.4. The fraction of sp³-hybridized carbons (Fsp3) is 0.385. The van der Waals surface area contributed by atoms with Crippen molar-refractivity contribution < 1.29 is 14.4 Å². The number of nitrogens with one attached hydrogen (secondary N) is 2. The summed E-state index contributed by atoms with van der Waals surface area (Å²) in [5.74, 6) is -0.384. The van der Waals surface area contributed by atoms with E-state index in [1.807, 2.05) is 36.4 Å². The third kappa shape index (κ3) is 4.18. The minimum Gasteiger partial charge on any atom is -0.325 e. The Balaban J connectivity index is 1.25. The van der Waals surface area contributed by atoms with Crippen molar-refractivity contribution in [2.75, 3.05) is 11.9 Å². The van der Waals surface area contributed by atoms with E-state index in [1.54, 1.807) is 23.5 Å². The molecule has 2 N–H and O–H groups in total. The highest BCUT2D eigenvalue weighted by atomic mass is 32.1. The van der Waals surface area contributed by atoms with Crippen LogP contribution in [0, 0.1) is 11.3 Å². The van der Waals surface area contributed by atoms with Gasteiger partial charge in [-0.25, -0.2) is 9.78 Å². The molecule has 176 valence electrons. The van der Waals surface area contributed by atoms with E-state index in [2.05, 4.69) is 36.4 Å². The van der Waals surface area contributed by atoms with Gasteiger partial charge in [-0.15, -0.1) is 11.3 Å². The number of aromatic nitrogens is 1. The number of rotatable bonds is 4. The van der Waals surface area contributed by atoms with Gasteiger partial charge in [0.05, 0.1) is 10.2 Å². The fourth-order valence-electron chi connectivity index (χ4n) is 5.69. The third-order valence-electron chi connectivity index (χ3n) is 6.64. The largest absolute Gasteiger partial charge is 0.325 e. The second kappa shape index (κ2) is 8.20. The summed E-state index contributed by atoms with van der Waals surface area (Å²) >= 11 is 1.62. The average molecular weight is 477 g/mol. The summed E-state index contributed by atoms with van der Waals surface area (Å²) < 4.78 is 1.12. The van der Waals surface area contributed by atoms with Crippen LogP contribution in [0.5, 0.6) is 0 Å². The van der Waals surface area contributed by atoms with Crippen LogP contribution in [-0.2, 0) is 9.59 Å². The van der Waals surface area contributed by atoms with Gasteiger partial charge in [-0.05, 0) is 67.0 Å². The summed E-state index contributed by atoms with van der Waals surface area (Å²) in [4.78, 5) is 44.3. The predicted molar refractivity (Wildman–Crippen MR) is 133 cm³/mol. The van der Waals surface area contributed by atoms with Crippen LogP contribution in [0.1, 0.15) is 40.0 Å². The summed E-state index contributed by atoms with van der Waals surface area (Å²) in [5, 5.41) is 6.62. The molecule has 1 spiro atoms. The first kappa shape index (κ1) is 22.5. The van der Waals surface area contributed by atoms with Crippen molar-refractivity contribution in [1.82, 2.24) is 15.2 Å². The van der Waals surface area contributed by atoms with Crippen LogP contribution in [0.15, 0.2) is 48.5 Å². The van der Waals surface area contributed by atoms with E-state index in [1.165, 1.54) is 0 Å². The lowest BCUT2D eigenvalue weighted by Crippen LogP contribution is -2.54. The molecule has 0 bridgehead atoms. The molecule has 1 aliphatic heterocycles. The fourth-order valence-corrected chi connectivity index (χ4v) is 6.66. The Morgan fingerprint density at radius 2 is 1.88 bits per heavy atom. The zero-order chi connectivity index (χ0) is 24.1. The molecule has 2 heterocycles. The molecule has 1 aromatic heterocycles. The molecule has 2 aromatic carbocycles. The van der Waals surface area contributed by atoms with E-state index in [-0.39, 0.29) is 17.9 Å². The number of nitrogens with zero attached hydrogens (tertiary/aromatic N) is 2. The summed E-state index contributed by atoms with van der Waals surface area (Å²) in [6.45, 7) is 6.05. The zero-order valence-corrected chi connectivity index (χ0v) is 20.4.